The standard InChI is InChI=1S/C29H35FN4O3/c1-5-31-27(35)26(17-7-6-8-17)34-28(36)29(3,4)18-9-11-22-23(13-18)33-25(32-22)15-20-16(2)37-24-12-10-19(30)14-21(20)24/h9-14,16-17,20,26H,5-8,15H2,1-4H3,(H,31,35)(H,32,33)(H,34,36)/t16-,20+,26-/m1/s1. The van der Waals surface area contributed by atoms with E-state index >= 15 is 0 Å². The second-order valence-corrected chi connectivity index (χ2v) is 10.9. The fourth-order valence-corrected chi connectivity index (χ4v) is 5.39. The summed E-state index contributed by atoms with van der Waals surface area (Å²) in [7, 11) is 0. The summed E-state index contributed by atoms with van der Waals surface area (Å²) in [5.74, 6) is 1.12. The molecule has 2 heterocycles. The topological polar surface area (TPSA) is 96.1 Å². The minimum atomic E-state index is -0.849. The van der Waals surface area contributed by atoms with E-state index in [0.29, 0.717) is 13.0 Å². The van der Waals surface area contributed by atoms with Crippen molar-refractivity contribution >= 4 is 22.8 Å². The van der Waals surface area contributed by atoms with Crippen LogP contribution in [0.3, 0.4) is 0 Å². The number of rotatable bonds is 8. The number of halogens is 1. The number of aromatic nitrogens is 2. The SMILES string of the molecule is CCNC(=O)[C@H](NC(=O)C(C)(C)c1ccc2nc(C[C@@H]3c4cc(F)ccc4O[C@@H]3C)[nH]c2c1)C1CCC1. The Morgan fingerprint density at radius 1 is 1.22 bits per heavy atom. The van der Waals surface area contributed by atoms with E-state index in [-0.39, 0.29) is 35.6 Å². The number of amides is 2. The summed E-state index contributed by atoms with van der Waals surface area (Å²) in [6.07, 6.45) is 3.49. The van der Waals surface area contributed by atoms with Crippen LogP contribution in [0.5, 0.6) is 5.75 Å². The number of ether oxygens (including phenoxy) is 1. The molecule has 0 bridgehead atoms. The molecule has 1 aromatic heterocycles. The highest BCUT2D eigenvalue weighted by molar-refractivity contribution is 5.93. The van der Waals surface area contributed by atoms with Gasteiger partial charge in [-0.05, 0) is 82.3 Å². The molecule has 0 radical (unpaired) electrons. The minimum absolute atomic E-state index is 0.00865. The third-order valence-electron chi connectivity index (χ3n) is 8.03. The Balaban J connectivity index is 1.35. The molecule has 1 aliphatic heterocycles. The van der Waals surface area contributed by atoms with Gasteiger partial charge in [0.15, 0.2) is 0 Å². The molecule has 1 aliphatic carbocycles. The molecule has 3 N–H and O–H groups in total. The molecule has 0 saturated heterocycles. The van der Waals surface area contributed by atoms with Crippen LogP contribution in [0.1, 0.15) is 69.8 Å². The van der Waals surface area contributed by atoms with Crippen molar-refractivity contribution in [3.8, 4) is 5.75 Å². The van der Waals surface area contributed by atoms with Crippen molar-refractivity contribution in [1.82, 2.24) is 20.6 Å². The Morgan fingerprint density at radius 2 is 2.00 bits per heavy atom. The number of likely N-dealkylation sites (N-methyl/N-ethyl adjacent to an activating group) is 1. The quantitative estimate of drug-likeness (QED) is 0.419. The number of nitrogens with zero attached hydrogens (tertiary/aromatic N) is 1. The number of carbonyl (C=O) groups is 2. The van der Waals surface area contributed by atoms with Crippen molar-refractivity contribution in [2.45, 2.75) is 76.9 Å². The molecule has 3 atom stereocenters. The second kappa shape index (κ2) is 9.80. The van der Waals surface area contributed by atoms with Gasteiger partial charge in [0.05, 0.1) is 16.4 Å². The van der Waals surface area contributed by atoms with E-state index in [1.54, 1.807) is 12.1 Å². The largest absolute Gasteiger partial charge is 0.490 e. The monoisotopic (exact) mass is 506 g/mol. The van der Waals surface area contributed by atoms with E-state index in [2.05, 4.69) is 15.6 Å². The third kappa shape index (κ3) is 4.81. The van der Waals surface area contributed by atoms with E-state index in [1.807, 2.05) is 45.9 Å². The number of fused-ring (bicyclic) bond motifs is 2. The van der Waals surface area contributed by atoms with Crippen molar-refractivity contribution < 1.29 is 18.7 Å². The van der Waals surface area contributed by atoms with Crippen molar-refractivity contribution in [3.63, 3.8) is 0 Å². The lowest BCUT2D eigenvalue weighted by molar-refractivity contribution is -0.133. The van der Waals surface area contributed by atoms with Gasteiger partial charge >= 0.3 is 0 Å². The van der Waals surface area contributed by atoms with Gasteiger partial charge in [-0.1, -0.05) is 12.5 Å². The highest BCUT2D eigenvalue weighted by Crippen LogP contribution is 2.40. The lowest BCUT2D eigenvalue weighted by Crippen LogP contribution is -2.55. The number of hydrogen-bond donors (Lipinski definition) is 3. The molecule has 0 unspecified atom stereocenters. The Labute approximate surface area is 216 Å². The number of imidazole rings is 1. The van der Waals surface area contributed by atoms with Gasteiger partial charge in [0.25, 0.3) is 0 Å². The molecule has 196 valence electrons. The average molecular weight is 507 g/mol. The zero-order valence-electron chi connectivity index (χ0n) is 21.9. The summed E-state index contributed by atoms with van der Waals surface area (Å²) in [5.41, 5.74) is 2.48. The number of hydrogen-bond acceptors (Lipinski definition) is 4. The lowest BCUT2D eigenvalue weighted by atomic mass is 9.78. The predicted octanol–water partition coefficient (Wildman–Crippen LogP) is 4.51. The van der Waals surface area contributed by atoms with Crippen molar-refractivity contribution in [2.24, 2.45) is 5.92 Å². The molecule has 5 rings (SSSR count). The van der Waals surface area contributed by atoms with Crippen LogP contribution in [0.4, 0.5) is 4.39 Å². The van der Waals surface area contributed by atoms with Gasteiger partial charge in [0.1, 0.15) is 29.5 Å². The molecule has 0 spiro atoms. The van der Waals surface area contributed by atoms with Gasteiger partial charge in [0, 0.05) is 24.4 Å². The summed E-state index contributed by atoms with van der Waals surface area (Å²) >= 11 is 0. The minimum Gasteiger partial charge on any atom is -0.490 e. The number of H-pyrrole nitrogens is 1. The van der Waals surface area contributed by atoms with Gasteiger partial charge in [-0.25, -0.2) is 9.37 Å². The summed E-state index contributed by atoms with van der Waals surface area (Å²) in [6, 6.07) is 9.92. The van der Waals surface area contributed by atoms with Crippen LogP contribution in [0.25, 0.3) is 11.0 Å². The molecular weight excluding hydrogens is 471 g/mol. The first-order valence-corrected chi connectivity index (χ1v) is 13.2. The van der Waals surface area contributed by atoms with Crippen LogP contribution in [0.15, 0.2) is 36.4 Å². The molecule has 3 aromatic rings. The number of benzene rings is 2. The number of aromatic amines is 1. The molecule has 37 heavy (non-hydrogen) atoms. The van der Waals surface area contributed by atoms with Crippen molar-refractivity contribution in [2.75, 3.05) is 6.54 Å². The van der Waals surface area contributed by atoms with Gasteiger partial charge in [0.2, 0.25) is 11.8 Å². The molecule has 1 saturated carbocycles. The van der Waals surface area contributed by atoms with Crippen LogP contribution < -0.4 is 15.4 Å². The molecule has 1 fully saturated rings. The number of nitrogens with one attached hydrogen (secondary N) is 3. The lowest BCUT2D eigenvalue weighted by Gasteiger charge is -2.35. The maximum Gasteiger partial charge on any atom is 0.242 e. The Hall–Kier alpha value is -3.42. The van der Waals surface area contributed by atoms with Crippen LogP contribution in [0, 0.1) is 11.7 Å². The van der Waals surface area contributed by atoms with E-state index in [9.17, 15) is 14.0 Å². The zero-order valence-corrected chi connectivity index (χ0v) is 21.9. The van der Waals surface area contributed by atoms with Crippen molar-refractivity contribution in [1.29, 1.82) is 0 Å². The number of carbonyl (C=O) groups excluding carboxylic acids is 2. The zero-order chi connectivity index (χ0) is 26.3. The van der Waals surface area contributed by atoms with Gasteiger partial charge in [-0.3, -0.25) is 9.59 Å². The molecule has 7 nitrogen and oxygen atoms in total. The summed E-state index contributed by atoms with van der Waals surface area (Å²) in [6.45, 7) is 8.15. The van der Waals surface area contributed by atoms with E-state index in [4.69, 9.17) is 9.72 Å². The van der Waals surface area contributed by atoms with Crippen LogP contribution in [0.2, 0.25) is 0 Å². The molecule has 8 heteroatoms. The second-order valence-electron chi connectivity index (χ2n) is 10.9. The highest BCUT2D eigenvalue weighted by atomic mass is 19.1. The van der Waals surface area contributed by atoms with E-state index in [0.717, 1.165) is 53.0 Å². The third-order valence-corrected chi connectivity index (χ3v) is 8.03. The molecule has 2 aliphatic rings. The predicted molar refractivity (Wildman–Crippen MR) is 140 cm³/mol. The molecule has 2 amide bonds. The summed E-state index contributed by atoms with van der Waals surface area (Å²) in [4.78, 5) is 34.2. The van der Waals surface area contributed by atoms with Gasteiger partial charge in [-0.15, -0.1) is 0 Å². The Kier molecular flexibility index (Phi) is 6.68. The normalized spacial score (nSPS) is 20.1. The van der Waals surface area contributed by atoms with E-state index < -0.39 is 11.5 Å². The van der Waals surface area contributed by atoms with Crippen LogP contribution >= 0.6 is 0 Å². The Morgan fingerprint density at radius 3 is 2.70 bits per heavy atom. The highest BCUT2D eigenvalue weighted by Gasteiger charge is 2.38. The summed E-state index contributed by atoms with van der Waals surface area (Å²) < 4.78 is 19.8. The first-order valence-electron chi connectivity index (χ1n) is 13.2. The maximum atomic E-state index is 13.9. The first kappa shape index (κ1) is 25.2. The van der Waals surface area contributed by atoms with Crippen molar-refractivity contribution in [3.05, 3.63) is 59.2 Å². The fourth-order valence-electron chi connectivity index (χ4n) is 5.39. The van der Waals surface area contributed by atoms with E-state index in [1.165, 1.54) is 6.07 Å². The van der Waals surface area contributed by atoms with Crippen LogP contribution in [-0.2, 0) is 21.4 Å². The molecular formula is C29H35FN4O3. The average Bonchev–Trinajstić information content (AvgIpc) is 3.37. The van der Waals surface area contributed by atoms with Crippen LogP contribution in [-0.4, -0.2) is 40.5 Å². The smallest absolute Gasteiger partial charge is 0.242 e. The first-order chi connectivity index (χ1) is 17.7. The molecule has 2 aromatic carbocycles. The Bertz CT molecular complexity index is 1330. The maximum absolute atomic E-state index is 13.9. The fraction of sp³-hybridized carbons (Fsp3) is 0.483. The van der Waals surface area contributed by atoms with Gasteiger partial charge in [-0.2, -0.15) is 0 Å². The summed E-state index contributed by atoms with van der Waals surface area (Å²) in [5, 5.41) is 5.90. The van der Waals surface area contributed by atoms with Gasteiger partial charge < -0.3 is 20.4 Å².